The fourth-order valence-corrected chi connectivity index (χ4v) is 1.58. The molecule has 1 aromatic carbocycles. The second kappa shape index (κ2) is 7.25. The summed E-state index contributed by atoms with van der Waals surface area (Å²) in [5.74, 6) is -0.507. The normalized spacial score (nSPS) is 11.4. The van der Waals surface area contributed by atoms with Crippen LogP contribution >= 0.6 is 0 Å². The summed E-state index contributed by atoms with van der Waals surface area (Å²) < 4.78 is 40.0. The molecule has 1 rings (SSSR count). The number of nitrogens with zero attached hydrogens (tertiary/aromatic N) is 1. The summed E-state index contributed by atoms with van der Waals surface area (Å²) >= 11 is 0. The topological polar surface area (TPSA) is 55.6 Å². The molecule has 0 heterocycles. The van der Waals surface area contributed by atoms with Gasteiger partial charge in [-0.3, -0.25) is 4.79 Å². The van der Waals surface area contributed by atoms with Crippen LogP contribution in [0.4, 0.5) is 13.2 Å². The third-order valence-corrected chi connectivity index (χ3v) is 2.56. The average Bonchev–Trinajstić information content (AvgIpc) is 2.37. The minimum Gasteiger partial charge on any atom is -0.362 e. The molecule has 20 heavy (non-hydrogen) atoms. The number of alkyl halides is 3. The number of rotatable bonds is 6. The molecule has 0 saturated heterocycles. The quantitative estimate of drug-likeness (QED) is 0.867. The van der Waals surface area contributed by atoms with E-state index in [-0.39, 0.29) is 0 Å². The monoisotopic (exact) mass is 290 g/mol. The summed E-state index contributed by atoms with van der Waals surface area (Å²) in [6, 6.07) is 7.34. The van der Waals surface area contributed by atoms with Crippen molar-refractivity contribution in [2.24, 2.45) is 5.73 Å². The van der Waals surface area contributed by atoms with Crippen LogP contribution in [0.5, 0.6) is 0 Å². The molecular formula is C13H17F3N2O2. The first-order valence-electron chi connectivity index (χ1n) is 5.98. The SMILES string of the molecule is CN(Cc1cccc(CN)c1)C(=O)COCC(F)(F)F. The van der Waals surface area contributed by atoms with E-state index in [0.717, 1.165) is 11.1 Å². The van der Waals surface area contributed by atoms with Crippen molar-refractivity contribution in [1.29, 1.82) is 0 Å². The molecule has 1 aromatic rings. The van der Waals surface area contributed by atoms with Crippen LogP contribution in [-0.2, 0) is 22.6 Å². The van der Waals surface area contributed by atoms with E-state index in [1.165, 1.54) is 11.9 Å². The van der Waals surface area contributed by atoms with Gasteiger partial charge in [-0.1, -0.05) is 24.3 Å². The zero-order valence-corrected chi connectivity index (χ0v) is 11.1. The molecule has 4 nitrogen and oxygen atoms in total. The van der Waals surface area contributed by atoms with Gasteiger partial charge in [-0.05, 0) is 11.1 Å². The zero-order valence-electron chi connectivity index (χ0n) is 11.1. The lowest BCUT2D eigenvalue weighted by Crippen LogP contribution is -2.31. The van der Waals surface area contributed by atoms with Crippen molar-refractivity contribution in [2.45, 2.75) is 19.3 Å². The van der Waals surface area contributed by atoms with Crippen molar-refractivity contribution in [1.82, 2.24) is 4.90 Å². The number of amides is 1. The predicted molar refractivity (Wildman–Crippen MR) is 67.7 cm³/mol. The van der Waals surface area contributed by atoms with Crippen LogP contribution in [0.1, 0.15) is 11.1 Å². The van der Waals surface area contributed by atoms with Crippen molar-refractivity contribution in [2.75, 3.05) is 20.3 Å². The maximum absolute atomic E-state index is 11.9. The highest BCUT2D eigenvalue weighted by Crippen LogP contribution is 2.14. The minimum absolute atomic E-state index is 0.294. The Morgan fingerprint density at radius 1 is 1.35 bits per heavy atom. The molecule has 0 saturated carbocycles. The molecule has 0 aliphatic rings. The van der Waals surface area contributed by atoms with Gasteiger partial charge in [0.25, 0.3) is 0 Å². The van der Waals surface area contributed by atoms with Gasteiger partial charge in [0.05, 0.1) is 0 Å². The molecule has 0 bridgehead atoms. The average molecular weight is 290 g/mol. The Morgan fingerprint density at radius 2 is 2.00 bits per heavy atom. The standard InChI is InChI=1S/C13H17F3N2O2/c1-18(12(19)8-20-9-13(14,15)16)7-11-4-2-3-10(5-11)6-17/h2-5H,6-9,17H2,1H3. The number of carbonyl (C=O) groups is 1. The van der Waals surface area contributed by atoms with Gasteiger partial charge >= 0.3 is 6.18 Å². The summed E-state index contributed by atoms with van der Waals surface area (Å²) in [6.07, 6.45) is -4.42. The Bertz CT molecular complexity index is 449. The van der Waals surface area contributed by atoms with Gasteiger partial charge in [0, 0.05) is 20.1 Å². The van der Waals surface area contributed by atoms with Crippen LogP contribution in [0.15, 0.2) is 24.3 Å². The summed E-state index contributed by atoms with van der Waals surface area (Å²) in [5, 5.41) is 0. The third kappa shape index (κ3) is 6.03. The Morgan fingerprint density at radius 3 is 2.60 bits per heavy atom. The molecule has 0 radical (unpaired) electrons. The molecule has 0 unspecified atom stereocenters. The molecular weight excluding hydrogens is 273 g/mol. The number of benzene rings is 1. The number of carbonyl (C=O) groups excluding carboxylic acids is 1. The lowest BCUT2D eigenvalue weighted by Gasteiger charge is -2.18. The van der Waals surface area contributed by atoms with Crippen molar-refractivity contribution in [3.63, 3.8) is 0 Å². The maximum Gasteiger partial charge on any atom is 0.411 e. The Kier molecular flexibility index (Phi) is 5.97. The van der Waals surface area contributed by atoms with Crippen molar-refractivity contribution in [3.8, 4) is 0 Å². The van der Waals surface area contributed by atoms with E-state index in [1.807, 2.05) is 24.3 Å². The zero-order chi connectivity index (χ0) is 15.2. The second-order valence-electron chi connectivity index (χ2n) is 4.38. The van der Waals surface area contributed by atoms with Crippen molar-refractivity contribution >= 4 is 5.91 Å². The molecule has 0 fully saturated rings. The highest BCUT2D eigenvalue weighted by molar-refractivity contribution is 5.77. The van der Waals surface area contributed by atoms with Gasteiger partial charge in [0.2, 0.25) is 5.91 Å². The first kappa shape index (κ1) is 16.5. The molecule has 7 heteroatoms. The van der Waals surface area contributed by atoms with E-state index in [4.69, 9.17) is 5.73 Å². The molecule has 0 atom stereocenters. The summed E-state index contributed by atoms with van der Waals surface area (Å²) in [5.41, 5.74) is 7.30. The fourth-order valence-electron chi connectivity index (χ4n) is 1.58. The number of halogens is 3. The van der Waals surface area contributed by atoms with Crippen LogP contribution in [0, 0.1) is 0 Å². The predicted octanol–water partition coefficient (Wildman–Crippen LogP) is 1.68. The fraction of sp³-hybridized carbons (Fsp3) is 0.462. The van der Waals surface area contributed by atoms with Gasteiger partial charge in [-0.25, -0.2) is 0 Å². The third-order valence-electron chi connectivity index (χ3n) is 2.56. The second-order valence-corrected chi connectivity index (χ2v) is 4.38. The summed E-state index contributed by atoms with van der Waals surface area (Å²) in [4.78, 5) is 12.9. The lowest BCUT2D eigenvalue weighted by atomic mass is 10.1. The van der Waals surface area contributed by atoms with E-state index in [0.29, 0.717) is 13.1 Å². The minimum atomic E-state index is -4.42. The van der Waals surface area contributed by atoms with E-state index >= 15 is 0 Å². The van der Waals surface area contributed by atoms with E-state index < -0.39 is 25.3 Å². The Balaban J connectivity index is 2.45. The van der Waals surface area contributed by atoms with E-state index in [9.17, 15) is 18.0 Å². The van der Waals surface area contributed by atoms with Gasteiger partial charge < -0.3 is 15.4 Å². The number of ether oxygens (including phenoxy) is 1. The van der Waals surface area contributed by atoms with Crippen LogP contribution in [0.25, 0.3) is 0 Å². The van der Waals surface area contributed by atoms with Crippen LogP contribution in [0.3, 0.4) is 0 Å². The van der Waals surface area contributed by atoms with Gasteiger partial charge in [-0.15, -0.1) is 0 Å². The molecule has 0 aliphatic heterocycles. The highest BCUT2D eigenvalue weighted by atomic mass is 19.4. The Labute approximate surface area is 115 Å². The number of nitrogens with two attached hydrogens (primary N) is 1. The number of likely N-dealkylation sites (N-methyl/N-ethyl adjacent to an activating group) is 1. The van der Waals surface area contributed by atoms with Gasteiger partial charge in [0.15, 0.2) is 0 Å². The molecule has 0 spiro atoms. The number of hydrogen-bond donors (Lipinski definition) is 1. The molecule has 112 valence electrons. The number of hydrogen-bond acceptors (Lipinski definition) is 3. The van der Waals surface area contributed by atoms with Crippen molar-refractivity contribution < 1.29 is 22.7 Å². The molecule has 0 aliphatic carbocycles. The van der Waals surface area contributed by atoms with Crippen LogP contribution < -0.4 is 5.73 Å². The van der Waals surface area contributed by atoms with Crippen molar-refractivity contribution in [3.05, 3.63) is 35.4 Å². The molecule has 1 amide bonds. The molecule has 2 N–H and O–H groups in total. The van der Waals surface area contributed by atoms with Gasteiger partial charge in [-0.2, -0.15) is 13.2 Å². The maximum atomic E-state index is 11.9. The molecule has 0 aromatic heterocycles. The first-order chi connectivity index (χ1) is 9.31. The van der Waals surface area contributed by atoms with E-state index in [1.54, 1.807) is 0 Å². The summed E-state index contributed by atoms with van der Waals surface area (Å²) in [7, 11) is 1.51. The Hall–Kier alpha value is -1.60. The van der Waals surface area contributed by atoms with Crippen LogP contribution in [-0.4, -0.2) is 37.2 Å². The van der Waals surface area contributed by atoms with Crippen LogP contribution in [0.2, 0.25) is 0 Å². The largest absolute Gasteiger partial charge is 0.411 e. The highest BCUT2D eigenvalue weighted by Gasteiger charge is 2.28. The van der Waals surface area contributed by atoms with Gasteiger partial charge in [0.1, 0.15) is 13.2 Å². The summed E-state index contributed by atoms with van der Waals surface area (Å²) in [6.45, 7) is -1.33. The lowest BCUT2D eigenvalue weighted by molar-refractivity contribution is -0.177. The van der Waals surface area contributed by atoms with E-state index in [2.05, 4.69) is 4.74 Å². The smallest absolute Gasteiger partial charge is 0.362 e. The first-order valence-corrected chi connectivity index (χ1v) is 5.98.